The first-order valence-corrected chi connectivity index (χ1v) is 5.85. The van der Waals surface area contributed by atoms with Crippen molar-refractivity contribution in [2.75, 3.05) is 0 Å². The molecule has 0 fully saturated rings. The quantitative estimate of drug-likeness (QED) is 0.767. The van der Waals surface area contributed by atoms with Crippen molar-refractivity contribution in [2.45, 2.75) is 0 Å². The van der Waals surface area contributed by atoms with Crippen molar-refractivity contribution in [1.82, 2.24) is 5.16 Å². The zero-order chi connectivity index (χ0) is 14.1. The molecule has 0 atom stereocenters. The van der Waals surface area contributed by atoms with E-state index in [1.807, 2.05) is 0 Å². The maximum absolute atomic E-state index is 13.6. The number of halogens is 2. The van der Waals surface area contributed by atoms with Gasteiger partial charge in [-0.1, -0.05) is 5.16 Å². The van der Waals surface area contributed by atoms with Gasteiger partial charge in [0.1, 0.15) is 23.1 Å². The fourth-order valence-corrected chi connectivity index (χ4v) is 1.86. The lowest BCUT2D eigenvalue weighted by atomic mass is 10.1. The predicted molar refractivity (Wildman–Crippen MR) is 69.0 cm³/mol. The van der Waals surface area contributed by atoms with E-state index in [9.17, 15) is 13.9 Å². The number of hydrogen-bond donors (Lipinski definition) is 1. The Morgan fingerprint density at radius 3 is 2.40 bits per heavy atom. The van der Waals surface area contributed by atoms with Crippen LogP contribution in [0.2, 0.25) is 0 Å². The summed E-state index contributed by atoms with van der Waals surface area (Å²) >= 11 is 0. The molecule has 1 aromatic heterocycles. The van der Waals surface area contributed by atoms with Gasteiger partial charge in [-0.3, -0.25) is 0 Å². The maximum atomic E-state index is 13.6. The average Bonchev–Trinajstić information content (AvgIpc) is 2.89. The SMILES string of the molecule is Oc1ccc(-c2cc(-c3ccc(F)cc3F)on2)cc1. The fourth-order valence-electron chi connectivity index (χ4n) is 1.86. The Morgan fingerprint density at radius 1 is 0.950 bits per heavy atom. The summed E-state index contributed by atoms with van der Waals surface area (Å²) in [6.07, 6.45) is 0. The van der Waals surface area contributed by atoms with Gasteiger partial charge >= 0.3 is 0 Å². The minimum Gasteiger partial charge on any atom is -0.508 e. The molecule has 3 rings (SSSR count). The van der Waals surface area contributed by atoms with Gasteiger partial charge in [0.2, 0.25) is 0 Å². The number of nitrogens with zero attached hydrogens (tertiary/aromatic N) is 1. The molecule has 2 aromatic carbocycles. The Kier molecular flexibility index (Phi) is 2.95. The molecule has 1 heterocycles. The van der Waals surface area contributed by atoms with Crippen LogP contribution in [-0.4, -0.2) is 10.3 Å². The Hall–Kier alpha value is -2.69. The Bertz CT molecular complexity index is 751. The first-order chi connectivity index (χ1) is 9.63. The number of aromatic nitrogens is 1. The van der Waals surface area contributed by atoms with Crippen molar-refractivity contribution in [3.05, 3.63) is 60.2 Å². The van der Waals surface area contributed by atoms with E-state index in [1.54, 1.807) is 18.2 Å². The average molecular weight is 273 g/mol. The second-order valence-electron chi connectivity index (χ2n) is 4.25. The van der Waals surface area contributed by atoms with E-state index in [0.29, 0.717) is 5.69 Å². The molecule has 5 heteroatoms. The Balaban J connectivity index is 1.99. The molecule has 0 bridgehead atoms. The zero-order valence-corrected chi connectivity index (χ0v) is 10.2. The Labute approximate surface area is 113 Å². The second-order valence-corrected chi connectivity index (χ2v) is 4.25. The molecular formula is C15H9F2NO2. The number of hydrogen-bond acceptors (Lipinski definition) is 3. The lowest BCUT2D eigenvalue weighted by Gasteiger charge is -1.97. The van der Waals surface area contributed by atoms with Crippen LogP contribution in [0.1, 0.15) is 0 Å². The Morgan fingerprint density at radius 2 is 1.70 bits per heavy atom. The third-order valence-electron chi connectivity index (χ3n) is 2.87. The van der Waals surface area contributed by atoms with Crippen LogP contribution in [-0.2, 0) is 0 Å². The summed E-state index contributed by atoms with van der Waals surface area (Å²) in [7, 11) is 0. The second kappa shape index (κ2) is 4.77. The predicted octanol–water partition coefficient (Wildman–Crippen LogP) is 3.99. The summed E-state index contributed by atoms with van der Waals surface area (Å²) in [4.78, 5) is 0. The first kappa shape index (κ1) is 12.3. The van der Waals surface area contributed by atoms with E-state index >= 15 is 0 Å². The fraction of sp³-hybridized carbons (Fsp3) is 0. The number of phenolic OH excluding ortho intramolecular Hbond substituents is 1. The van der Waals surface area contributed by atoms with Crippen molar-refractivity contribution < 1.29 is 18.4 Å². The lowest BCUT2D eigenvalue weighted by Crippen LogP contribution is -1.84. The topological polar surface area (TPSA) is 46.3 Å². The minimum atomic E-state index is -0.710. The monoisotopic (exact) mass is 273 g/mol. The molecule has 0 unspecified atom stereocenters. The summed E-state index contributed by atoms with van der Waals surface area (Å²) < 4.78 is 31.6. The van der Waals surface area contributed by atoms with Crippen molar-refractivity contribution in [1.29, 1.82) is 0 Å². The van der Waals surface area contributed by atoms with Gasteiger partial charge in [0, 0.05) is 17.7 Å². The zero-order valence-electron chi connectivity index (χ0n) is 10.2. The van der Waals surface area contributed by atoms with E-state index in [4.69, 9.17) is 4.52 Å². The molecule has 20 heavy (non-hydrogen) atoms. The highest BCUT2D eigenvalue weighted by molar-refractivity contribution is 5.67. The molecule has 0 radical (unpaired) electrons. The van der Waals surface area contributed by atoms with E-state index in [0.717, 1.165) is 17.7 Å². The van der Waals surface area contributed by atoms with Crippen molar-refractivity contribution in [3.8, 4) is 28.3 Å². The summed E-state index contributed by atoms with van der Waals surface area (Å²) in [6, 6.07) is 11.2. The van der Waals surface area contributed by atoms with Crippen LogP contribution >= 0.6 is 0 Å². The van der Waals surface area contributed by atoms with Crippen LogP contribution in [0.3, 0.4) is 0 Å². The maximum Gasteiger partial charge on any atom is 0.170 e. The smallest absolute Gasteiger partial charge is 0.170 e. The third kappa shape index (κ3) is 2.25. The molecule has 3 aromatic rings. The molecule has 0 amide bonds. The minimum absolute atomic E-state index is 0.141. The van der Waals surface area contributed by atoms with E-state index in [1.165, 1.54) is 18.2 Å². The summed E-state index contributed by atoms with van der Waals surface area (Å²) in [5.74, 6) is -1.00. The summed E-state index contributed by atoms with van der Waals surface area (Å²) in [5.41, 5.74) is 1.37. The summed E-state index contributed by atoms with van der Waals surface area (Å²) in [6.45, 7) is 0. The van der Waals surface area contributed by atoms with Crippen LogP contribution in [0.4, 0.5) is 8.78 Å². The molecule has 100 valence electrons. The molecule has 1 N–H and O–H groups in total. The highest BCUT2D eigenvalue weighted by Crippen LogP contribution is 2.28. The molecule has 0 aliphatic rings. The van der Waals surface area contributed by atoms with Gasteiger partial charge in [-0.25, -0.2) is 8.78 Å². The molecule has 0 aliphatic carbocycles. The van der Waals surface area contributed by atoms with Crippen molar-refractivity contribution >= 4 is 0 Å². The van der Waals surface area contributed by atoms with Gasteiger partial charge in [0.15, 0.2) is 5.76 Å². The van der Waals surface area contributed by atoms with Crippen molar-refractivity contribution in [2.24, 2.45) is 0 Å². The highest BCUT2D eigenvalue weighted by Gasteiger charge is 2.13. The van der Waals surface area contributed by atoms with Gasteiger partial charge in [-0.05, 0) is 36.4 Å². The molecule has 0 saturated heterocycles. The molecular weight excluding hydrogens is 264 g/mol. The van der Waals surface area contributed by atoms with Crippen LogP contribution < -0.4 is 0 Å². The summed E-state index contributed by atoms with van der Waals surface area (Å²) in [5, 5.41) is 13.1. The van der Waals surface area contributed by atoms with Gasteiger partial charge in [-0.15, -0.1) is 0 Å². The van der Waals surface area contributed by atoms with Crippen LogP contribution in [0, 0.1) is 11.6 Å². The normalized spacial score (nSPS) is 10.7. The van der Waals surface area contributed by atoms with Crippen LogP contribution in [0.5, 0.6) is 5.75 Å². The number of aromatic hydroxyl groups is 1. The number of phenols is 1. The van der Waals surface area contributed by atoms with Crippen molar-refractivity contribution in [3.63, 3.8) is 0 Å². The van der Waals surface area contributed by atoms with Crippen LogP contribution in [0.25, 0.3) is 22.6 Å². The largest absolute Gasteiger partial charge is 0.508 e. The highest BCUT2D eigenvalue weighted by atomic mass is 19.1. The lowest BCUT2D eigenvalue weighted by molar-refractivity contribution is 0.432. The molecule has 3 nitrogen and oxygen atoms in total. The number of rotatable bonds is 2. The molecule has 0 spiro atoms. The van der Waals surface area contributed by atoms with Gasteiger partial charge < -0.3 is 9.63 Å². The third-order valence-corrected chi connectivity index (χ3v) is 2.87. The molecule has 0 aliphatic heterocycles. The van der Waals surface area contributed by atoms with E-state index in [2.05, 4.69) is 5.16 Å². The van der Waals surface area contributed by atoms with Gasteiger partial charge in [0.25, 0.3) is 0 Å². The van der Waals surface area contributed by atoms with Crippen LogP contribution in [0.15, 0.2) is 53.1 Å². The van der Waals surface area contributed by atoms with Gasteiger partial charge in [-0.2, -0.15) is 0 Å². The van der Waals surface area contributed by atoms with Gasteiger partial charge in [0.05, 0.1) is 5.56 Å². The number of benzene rings is 2. The van der Waals surface area contributed by atoms with E-state index in [-0.39, 0.29) is 17.1 Å². The van der Waals surface area contributed by atoms with E-state index < -0.39 is 11.6 Å². The molecule has 0 saturated carbocycles. The first-order valence-electron chi connectivity index (χ1n) is 5.85. The standard InChI is InChI=1S/C15H9F2NO2/c16-10-3-6-12(13(17)7-10)15-8-14(18-20-15)9-1-4-11(19)5-2-9/h1-8,19H.